The quantitative estimate of drug-likeness (QED) is 0.862. The van der Waals surface area contributed by atoms with Gasteiger partial charge in [0.1, 0.15) is 0 Å². The molecule has 0 unspecified atom stereocenters. The Labute approximate surface area is 113 Å². The van der Waals surface area contributed by atoms with Crippen molar-refractivity contribution < 1.29 is 0 Å². The topological polar surface area (TPSA) is 29.3 Å². The highest BCUT2D eigenvalue weighted by atomic mass is 32.1. The van der Waals surface area contributed by atoms with E-state index in [1.165, 1.54) is 16.1 Å². The summed E-state index contributed by atoms with van der Waals surface area (Å²) in [5.41, 5.74) is 8.29. The molecule has 0 spiro atoms. The van der Waals surface area contributed by atoms with Crippen LogP contribution in [0.15, 0.2) is 41.8 Å². The Bertz CT molecular complexity index is 465. The highest BCUT2D eigenvalue weighted by Gasteiger charge is 2.09. The van der Waals surface area contributed by atoms with Crippen LogP contribution in [0.1, 0.15) is 16.9 Å². The van der Waals surface area contributed by atoms with Gasteiger partial charge in [-0.3, -0.25) is 0 Å². The van der Waals surface area contributed by atoms with Gasteiger partial charge in [0.25, 0.3) is 0 Å². The summed E-state index contributed by atoms with van der Waals surface area (Å²) in [6.45, 7) is 4.90. The predicted octanol–water partition coefficient (Wildman–Crippen LogP) is 3.41. The second kappa shape index (κ2) is 6.57. The van der Waals surface area contributed by atoms with Gasteiger partial charge in [0.15, 0.2) is 0 Å². The molecule has 0 aliphatic rings. The van der Waals surface area contributed by atoms with Crippen molar-refractivity contribution in [2.45, 2.75) is 19.9 Å². The molecule has 0 saturated carbocycles. The van der Waals surface area contributed by atoms with Crippen LogP contribution in [0.5, 0.6) is 0 Å². The van der Waals surface area contributed by atoms with Gasteiger partial charge >= 0.3 is 0 Å². The fraction of sp³-hybridized carbons (Fsp3) is 0.333. The van der Waals surface area contributed by atoms with E-state index in [1.807, 2.05) is 11.3 Å². The molecule has 0 aliphatic heterocycles. The van der Waals surface area contributed by atoms with Crippen LogP contribution in [-0.4, -0.2) is 13.1 Å². The summed E-state index contributed by atoms with van der Waals surface area (Å²) in [6, 6.07) is 12.9. The summed E-state index contributed by atoms with van der Waals surface area (Å²) >= 11 is 1.81. The standard InChI is InChI=1S/C15H20N2S/c1-13-6-2-3-8-15(13)17(10-5-9-16)12-14-7-4-11-18-14/h2-4,6-8,11H,5,9-10,12,16H2,1H3. The van der Waals surface area contributed by atoms with E-state index in [-0.39, 0.29) is 0 Å². The number of nitrogens with zero attached hydrogens (tertiary/aromatic N) is 1. The van der Waals surface area contributed by atoms with Crippen molar-refractivity contribution in [3.8, 4) is 0 Å². The SMILES string of the molecule is Cc1ccccc1N(CCCN)Cc1cccs1. The van der Waals surface area contributed by atoms with Crippen molar-refractivity contribution in [1.29, 1.82) is 0 Å². The van der Waals surface area contributed by atoms with E-state index in [2.05, 4.69) is 53.6 Å². The van der Waals surface area contributed by atoms with Gasteiger partial charge in [0.05, 0.1) is 6.54 Å². The van der Waals surface area contributed by atoms with E-state index in [1.54, 1.807) is 0 Å². The zero-order chi connectivity index (χ0) is 12.8. The minimum Gasteiger partial charge on any atom is -0.366 e. The van der Waals surface area contributed by atoms with Crippen molar-refractivity contribution in [3.63, 3.8) is 0 Å². The largest absolute Gasteiger partial charge is 0.366 e. The van der Waals surface area contributed by atoms with Crippen molar-refractivity contribution in [2.75, 3.05) is 18.0 Å². The van der Waals surface area contributed by atoms with Crippen LogP contribution in [0.25, 0.3) is 0 Å². The molecule has 2 aromatic rings. The molecule has 96 valence electrons. The van der Waals surface area contributed by atoms with Gasteiger partial charge in [-0.1, -0.05) is 24.3 Å². The molecule has 3 heteroatoms. The molecule has 2 N–H and O–H groups in total. The molecule has 0 aliphatic carbocycles. The molecule has 0 amide bonds. The van der Waals surface area contributed by atoms with Gasteiger partial charge in [-0.25, -0.2) is 0 Å². The van der Waals surface area contributed by atoms with Crippen molar-refractivity contribution in [3.05, 3.63) is 52.2 Å². The van der Waals surface area contributed by atoms with Gasteiger partial charge in [-0.2, -0.15) is 0 Å². The zero-order valence-electron chi connectivity index (χ0n) is 10.8. The summed E-state index contributed by atoms with van der Waals surface area (Å²) in [4.78, 5) is 3.82. The Morgan fingerprint density at radius 3 is 2.67 bits per heavy atom. The molecule has 2 rings (SSSR count). The van der Waals surface area contributed by atoms with E-state index in [4.69, 9.17) is 5.73 Å². The smallest absolute Gasteiger partial charge is 0.0522 e. The number of aryl methyl sites for hydroxylation is 1. The number of benzene rings is 1. The summed E-state index contributed by atoms with van der Waals surface area (Å²) in [7, 11) is 0. The lowest BCUT2D eigenvalue weighted by molar-refractivity contribution is 0.738. The van der Waals surface area contributed by atoms with Crippen LogP contribution >= 0.6 is 11.3 Å². The molecular weight excluding hydrogens is 240 g/mol. The molecule has 2 nitrogen and oxygen atoms in total. The fourth-order valence-corrected chi connectivity index (χ4v) is 2.80. The second-order valence-corrected chi connectivity index (χ2v) is 5.46. The monoisotopic (exact) mass is 260 g/mol. The highest BCUT2D eigenvalue weighted by Crippen LogP contribution is 2.23. The minimum absolute atomic E-state index is 0.743. The van der Waals surface area contributed by atoms with Crippen LogP contribution in [-0.2, 0) is 6.54 Å². The van der Waals surface area contributed by atoms with E-state index < -0.39 is 0 Å². The van der Waals surface area contributed by atoms with Crippen LogP contribution < -0.4 is 10.6 Å². The van der Waals surface area contributed by atoms with Gasteiger partial charge < -0.3 is 10.6 Å². The first kappa shape index (κ1) is 13.1. The Hall–Kier alpha value is -1.32. The number of rotatable bonds is 6. The maximum Gasteiger partial charge on any atom is 0.0522 e. The molecule has 0 atom stereocenters. The highest BCUT2D eigenvalue weighted by molar-refractivity contribution is 7.09. The molecule has 0 radical (unpaired) electrons. The van der Waals surface area contributed by atoms with Gasteiger partial charge in [-0.15, -0.1) is 11.3 Å². The van der Waals surface area contributed by atoms with Crippen LogP contribution in [0, 0.1) is 6.92 Å². The molecule has 0 fully saturated rings. The van der Waals surface area contributed by atoms with E-state index in [9.17, 15) is 0 Å². The zero-order valence-corrected chi connectivity index (χ0v) is 11.6. The first-order valence-corrected chi connectivity index (χ1v) is 7.22. The summed E-state index contributed by atoms with van der Waals surface area (Å²) in [5.74, 6) is 0. The van der Waals surface area contributed by atoms with Crippen molar-refractivity contribution in [1.82, 2.24) is 0 Å². The predicted molar refractivity (Wildman–Crippen MR) is 80.2 cm³/mol. The third-order valence-corrected chi connectivity index (χ3v) is 3.88. The molecule has 1 aromatic heterocycles. The average Bonchev–Trinajstić information content (AvgIpc) is 2.88. The number of hydrogen-bond donors (Lipinski definition) is 1. The maximum atomic E-state index is 5.64. The third-order valence-electron chi connectivity index (χ3n) is 3.02. The van der Waals surface area contributed by atoms with Crippen LogP contribution in [0.3, 0.4) is 0 Å². The lowest BCUT2D eigenvalue weighted by Crippen LogP contribution is -2.25. The van der Waals surface area contributed by atoms with E-state index in [0.29, 0.717) is 0 Å². The third kappa shape index (κ3) is 3.34. The Morgan fingerprint density at radius 2 is 2.00 bits per heavy atom. The summed E-state index contributed by atoms with van der Waals surface area (Å²) in [6.07, 6.45) is 1.03. The van der Waals surface area contributed by atoms with Crippen molar-refractivity contribution >= 4 is 17.0 Å². The lowest BCUT2D eigenvalue weighted by Gasteiger charge is -2.25. The number of thiophene rings is 1. The normalized spacial score (nSPS) is 10.6. The molecular formula is C15H20N2S. The molecule has 1 aromatic carbocycles. The number of hydrogen-bond acceptors (Lipinski definition) is 3. The number of anilines is 1. The fourth-order valence-electron chi connectivity index (χ4n) is 2.08. The Balaban J connectivity index is 2.16. The molecule has 1 heterocycles. The molecule has 0 bridgehead atoms. The van der Waals surface area contributed by atoms with Crippen LogP contribution in [0.4, 0.5) is 5.69 Å². The minimum atomic E-state index is 0.743. The van der Waals surface area contributed by atoms with Crippen LogP contribution in [0.2, 0.25) is 0 Å². The lowest BCUT2D eigenvalue weighted by atomic mass is 10.1. The van der Waals surface area contributed by atoms with E-state index in [0.717, 1.165) is 26.1 Å². The Kier molecular flexibility index (Phi) is 4.79. The first-order chi connectivity index (χ1) is 8.81. The van der Waals surface area contributed by atoms with Gasteiger partial charge in [0, 0.05) is 17.1 Å². The average molecular weight is 260 g/mol. The Morgan fingerprint density at radius 1 is 1.17 bits per heavy atom. The number of para-hydroxylation sites is 1. The maximum absolute atomic E-state index is 5.64. The number of nitrogens with two attached hydrogens (primary N) is 1. The van der Waals surface area contributed by atoms with E-state index >= 15 is 0 Å². The van der Waals surface area contributed by atoms with Crippen molar-refractivity contribution in [2.24, 2.45) is 5.73 Å². The summed E-state index contributed by atoms with van der Waals surface area (Å²) < 4.78 is 0. The molecule has 18 heavy (non-hydrogen) atoms. The molecule has 0 saturated heterocycles. The van der Waals surface area contributed by atoms with Gasteiger partial charge in [0.2, 0.25) is 0 Å². The first-order valence-electron chi connectivity index (χ1n) is 6.34. The van der Waals surface area contributed by atoms with Gasteiger partial charge in [-0.05, 0) is 43.0 Å². The summed E-state index contributed by atoms with van der Waals surface area (Å²) in [5, 5.41) is 2.13. The second-order valence-electron chi connectivity index (χ2n) is 4.43.